The molecule has 49 valence electrons. The monoisotopic (exact) mass is 127 g/mol. The van der Waals surface area contributed by atoms with Crippen molar-refractivity contribution in [3.05, 3.63) is 0 Å². The Morgan fingerprint density at radius 3 is 2.56 bits per heavy atom. The first kappa shape index (κ1) is 8.51. The fraction of sp³-hybridized carbons (Fsp3) is 0.667. The smallest absolute Gasteiger partial charge is 0.335 e. The van der Waals surface area contributed by atoms with Gasteiger partial charge in [-0.05, 0) is 5.92 Å². The number of rotatable bonds is 3. The number of halogens is 1. The zero-order chi connectivity index (χ0) is 7.33. The normalized spacial score (nSPS) is 10.4. The number of quaternary nitrogens is 1. The van der Waals surface area contributed by atoms with Crippen molar-refractivity contribution in [3.63, 3.8) is 0 Å². The average molecular weight is 127 g/mol. The molecule has 0 aliphatic heterocycles. The van der Waals surface area contributed by atoms with Crippen LogP contribution in [0.2, 0.25) is 0 Å². The predicted octanol–water partition coefficient (Wildman–Crippen LogP) is 0.242. The van der Waals surface area contributed by atoms with Crippen molar-refractivity contribution in [2.24, 2.45) is 0 Å². The van der Waals surface area contributed by atoms with E-state index in [1.54, 1.807) is 0 Å². The molecule has 0 aromatic rings. The fourth-order valence-electron chi connectivity index (χ4n) is 0.498. The van der Waals surface area contributed by atoms with E-state index < -0.39 is 0 Å². The van der Waals surface area contributed by atoms with Crippen LogP contribution >= 0.6 is 0 Å². The van der Waals surface area contributed by atoms with Crippen LogP contribution in [0.5, 0.6) is 0 Å². The summed E-state index contributed by atoms with van der Waals surface area (Å²) < 4.78 is 12.1. The maximum atomic E-state index is 11.6. The zero-order valence-electron chi connectivity index (χ0n) is 5.89. The van der Waals surface area contributed by atoms with Gasteiger partial charge in [0.2, 0.25) is 0 Å². The molecule has 0 atom stereocenters. The zero-order valence-corrected chi connectivity index (χ0v) is 5.89. The summed E-state index contributed by atoms with van der Waals surface area (Å²) in [6.07, 6.45) is 5.42. The minimum absolute atomic E-state index is 0.379. The van der Waals surface area contributed by atoms with E-state index in [9.17, 15) is 4.32 Å². The lowest BCUT2D eigenvalue weighted by Gasteiger charge is -2.25. The summed E-state index contributed by atoms with van der Waals surface area (Å²) in [4.78, 5) is 0. The van der Waals surface area contributed by atoms with Gasteiger partial charge in [0.25, 0.3) is 0 Å². The molecule has 0 heterocycles. The van der Waals surface area contributed by atoms with Crippen LogP contribution in [0.1, 0.15) is 0 Å². The summed E-state index contributed by atoms with van der Waals surface area (Å²) in [7, 11) is 4.41. The van der Waals surface area contributed by atoms with Gasteiger partial charge in [-0.2, -0.15) is 0 Å². The van der Waals surface area contributed by atoms with Crippen molar-refractivity contribution < 1.29 is 8.80 Å². The predicted molar refractivity (Wildman–Crippen MR) is 37.5 cm³/mol. The third kappa shape index (κ3) is 4.05. The molecular formula is C6H11BFN+. The standard InChI is InChI=1S/C6H11BFN/c1-4-5-9(2,3)6-7-8/h1H,5-6H2,2-3H3/q+1. The highest BCUT2D eigenvalue weighted by Gasteiger charge is 2.12. The highest BCUT2D eigenvalue weighted by molar-refractivity contribution is 6.25. The van der Waals surface area contributed by atoms with Gasteiger partial charge in [-0.3, -0.25) is 0 Å². The molecule has 9 heavy (non-hydrogen) atoms. The largest absolute Gasteiger partial charge is 0.420 e. The minimum atomic E-state index is 0.379. The van der Waals surface area contributed by atoms with E-state index in [1.807, 2.05) is 14.1 Å². The summed E-state index contributed by atoms with van der Waals surface area (Å²) in [5.41, 5.74) is 0. The first-order valence-corrected chi connectivity index (χ1v) is 2.80. The summed E-state index contributed by atoms with van der Waals surface area (Å²) >= 11 is 0. The summed E-state index contributed by atoms with van der Waals surface area (Å²) in [6.45, 7) is 0.570. The molecule has 0 aromatic carbocycles. The summed E-state index contributed by atoms with van der Waals surface area (Å²) in [5.74, 6) is 2.48. The van der Waals surface area contributed by atoms with Crippen LogP contribution in [-0.2, 0) is 0 Å². The Morgan fingerprint density at radius 2 is 2.22 bits per heavy atom. The maximum Gasteiger partial charge on any atom is 0.420 e. The molecule has 0 rings (SSSR count). The van der Waals surface area contributed by atoms with Gasteiger partial charge in [-0.25, -0.2) is 0 Å². The van der Waals surface area contributed by atoms with Crippen LogP contribution in [0.25, 0.3) is 0 Å². The Kier molecular flexibility index (Phi) is 3.33. The molecule has 0 aliphatic carbocycles. The Labute approximate surface area is 56.7 Å². The van der Waals surface area contributed by atoms with Crippen molar-refractivity contribution in [3.8, 4) is 12.3 Å². The minimum Gasteiger partial charge on any atom is -0.335 e. The van der Waals surface area contributed by atoms with Crippen LogP contribution in [0.4, 0.5) is 4.32 Å². The lowest BCUT2D eigenvalue weighted by molar-refractivity contribution is -0.872. The topological polar surface area (TPSA) is 0 Å². The SMILES string of the molecule is C#CC[N+](C)(C)C[B]F. The van der Waals surface area contributed by atoms with Crippen molar-refractivity contribution in [2.45, 2.75) is 0 Å². The van der Waals surface area contributed by atoms with Crippen LogP contribution in [0, 0.1) is 12.3 Å². The second-order valence-electron chi connectivity index (χ2n) is 2.63. The highest BCUT2D eigenvalue weighted by Crippen LogP contribution is 1.92. The molecule has 3 heteroatoms. The van der Waals surface area contributed by atoms with Gasteiger partial charge < -0.3 is 8.80 Å². The quantitative estimate of drug-likeness (QED) is 0.289. The van der Waals surface area contributed by atoms with Gasteiger partial charge in [-0.1, -0.05) is 0 Å². The molecule has 0 saturated heterocycles. The third-order valence-corrected chi connectivity index (χ3v) is 1.08. The van der Waals surface area contributed by atoms with E-state index in [1.165, 1.54) is 0 Å². The van der Waals surface area contributed by atoms with Crippen molar-refractivity contribution in [1.29, 1.82) is 0 Å². The number of terminal acetylenes is 1. The second-order valence-corrected chi connectivity index (χ2v) is 2.63. The van der Waals surface area contributed by atoms with Gasteiger partial charge in [0.05, 0.1) is 20.5 Å². The van der Waals surface area contributed by atoms with Gasteiger partial charge in [-0.15, -0.1) is 6.42 Å². The molecule has 0 amide bonds. The molecule has 0 N–H and O–H groups in total. The highest BCUT2D eigenvalue weighted by atomic mass is 19.1. The number of hydrogen-bond donors (Lipinski definition) is 0. The van der Waals surface area contributed by atoms with Gasteiger partial charge in [0.15, 0.2) is 0 Å². The fourth-order valence-corrected chi connectivity index (χ4v) is 0.498. The van der Waals surface area contributed by atoms with Crippen LogP contribution in [0.15, 0.2) is 0 Å². The average Bonchev–Trinajstić information content (AvgIpc) is 1.64. The molecule has 1 nitrogen and oxygen atoms in total. The van der Waals surface area contributed by atoms with E-state index in [0.29, 0.717) is 25.0 Å². The van der Waals surface area contributed by atoms with Crippen molar-refractivity contribution in [2.75, 3.05) is 27.1 Å². The van der Waals surface area contributed by atoms with E-state index in [-0.39, 0.29) is 0 Å². The van der Waals surface area contributed by atoms with Crippen LogP contribution in [-0.4, -0.2) is 39.1 Å². The Morgan fingerprint density at radius 1 is 1.67 bits per heavy atom. The molecule has 0 fully saturated rings. The van der Waals surface area contributed by atoms with Crippen LogP contribution in [0.3, 0.4) is 0 Å². The molecule has 0 unspecified atom stereocenters. The molecule has 1 radical (unpaired) electrons. The number of hydrogen-bond acceptors (Lipinski definition) is 0. The Hall–Kier alpha value is -0.485. The van der Waals surface area contributed by atoms with Gasteiger partial charge in [0.1, 0.15) is 6.54 Å². The van der Waals surface area contributed by atoms with Crippen LogP contribution < -0.4 is 0 Å². The third-order valence-electron chi connectivity index (χ3n) is 1.08. The maximum absolute atomic E-state index is 11.6. The van der Waals surface area contributed by atoms with E-state index in [4.69, 9.17) is 6.42 Å². The summed E-state index contributed by atoms with van der Waals surface area (Å²) in [6, 6.07) is 0. The molecule has 0 spiro atoms. The lowest BCUT2D eigenvalue weighted by atomic mass is 10.0. The lowest BCUT2D eigenvalue weighted by Crippen LogP contribution is -2.42. The van der Waals surface area contributed by atoms with E-state index >= 15 is 0 Å². The van der Waals surface area contributed by atoms with Crippen molar-refractivity contribution in [1.82, 2.24) is 0 Å². The van der Waals surface area contributed by atoms with E-state index in [2.05, 4.69) is 5.92 Å². The summed E-state index contributed by atoms with van der Waals surface area (Å²) in [5, 5.41) is 0. The van der Waals surface area contributed by atoms with Gasteiger partial charge >= 0.3 is 7.56 Å². The Balaban J connectivity index is 3.59. The molecule has 0 aliphatic rings. The second kappa shape index (κ2) is 3.52. The first-order valence-electron chi connectivity index (χ1n) is 2.80. The molecule has 0 bridgehead atoms. The molecule has 0 aromatic heterocycles. The van der Waals surface area contributed by atoms with Gasteiger partial charge in [0, 0.05) is 0 Å². The molecule has 0 saturated carbocycles. The van der Waals surface area contributed by atoms with Crippen molar-refractivity contribution >= 4 is 7.56 Å². The molecular weight excluding hydrogens is 116 g/mol. The van der Waals surface area contributed by atoms with E-state index in [0.717, 1.165) is 0 Å². The first-order chi connectivity index (χ1) is 4.12. The number of nitrogens with zero attached hydrogens (tertiary/aromatic N) is 1. The Bertz CT molecular complexity index is 117.